The molecule has 34 heavy (non-hydrogen) atoms. The first-order valence-electron chi connectivity index (χ1n) is 11.0. The number of rotatable bonds is 3. The summed E-state index contributed by atoms with van der Waals surface area (Å²) in [6.45, 7) is 2.67. The first kappa shape index (κ1) is 22.9. The van der Waals surface area contributed by atoms with Gasteiger partial charge in [0.15, 0.2) is 5.58 Å². The van der Waals surface area contributed by atoms with E-state index >= 15 is 8.78 Å². The standard InChI is InChI=1S/C23H23F5N4O2/c1-12-8-15-14(2-3-18-21(15)34-22(33)30-18)20(32(12)11-23(26,27)28)19-16(24)9-13(10-17(19)25)31-6-4-29-5-7-31/h2-3,9-10,12,20,29H,4-8,11H2,1H3,(H,30,33). The Morgan fingerprint density at radius 2 is 1.79 bits per heavy atom. The molecule has 2 aliphatic rings. The van der Waals surface area contributed by atoms with Gasteiger partial charge in [0.05, 0.1) is 18.1 Å². The predicted octanol–water partition coefficient (Wildman–Crippen LogP) is 3.71. The highest BCUT2D eigenvalue weighted by atomic mass is 19.4. The molecule has 0 saturated carbocycles. The van der Waals surface area contributed by atoms with Crippen LogP contribution in [0.3, 0.4) is 0 Å². The summed E-state index contributed by atoms with van der Waals surface area (Å²) >= 11 is 0. The van der Waals surface area contributed by atoms with Crippen molar-refractivity contribution in [3.05, 3.63) is 63.1 Å². The molecule has 1 aromatic heterocycles. The van der Waals surface area contributed by atoms with Crippen molar-refractivity contribution in [1.82, 2.24) is 15.2 Å². The predicted molar refractivity (Wildman–Crippen MR) is 116 cm³/mol. The summed E-state index contributed by atoms with van der Waals surface area (Å²) in [7, 11) is 0. The molecular weight excluding hydrogens is 459 g/mol. The van der Waals surface area contributed by atoms with Gasteiger partial charge in [0.25, 0.3) is 0 Å². The SMILES string of the molecule is CC1Cc2c(ccc3[nH]c(=O)oc23)C(c2c(F)cc(N3CCNCC3)cc2F)N1CC(F)(F)F. The number of halogens is 5. The van der Waals surface area contributed by atoms with Gasteiger partial charge in [0.2, 0.25) is 0 Å². The van der Waals surface area contributed by atoms with Crippen molar-refractivity contribution in [2.45, 2.75) is 31.6 Å². The maximum absolute atomic E-state index is 15.5. The number of anilines is 1. The molecular formula is C23H23F5N4O2. The highest BCUT2D eigenvalue weighted by molar-refractivity contribution is 5.78. The second-order valence-electron chi connectivity index (χ2n) is 8.83. The molecule has 1 fully saturated rings. The van der Waals surface area contributed by atoms with Crippen LogP contribution in [0.1, 0.15) is 29.7 Å². The van der Waals surface area contributed by atoms with Gasteiger partial charge in [-0.15, -0.1) is 0 Å². The highest BCUT2D eigenvalue weighted by Gasteiger charge is 2.43. The van der Waals surface area contributed by atoms with Gasteiger partial charge in [-0.3, -0.25) is 9.88 Å². The largest absolute Gasteiger partial charge is 0.417 e. The van der Waals surface area contributed by atoms with Crippen molar-refractivity contribution < 1.29 is 26.4 Å². The molecule has 0 spiro atoms. The maximum atomic E-state index is 15.5. The van der Waals surface area contributed by atoms with Gasteiger partial charge in [-0.25, -0.2) is 13.6 Å². The third-order valence-electron chi connectivity index (χ3n) is 6.60. The molecule has 0 bridgehead atoms. The van der Waals surface area contributed by atoms with Crippen molar-refractivity contribution >= 4 is 16.8 Å². The number of hydrogen-bond donors (Lipinski definition) is 2. The van der Waals surface area contributed by atoms with E-state index in [1.807, 2.05) is 4.90 Å². The Kier molecular flexibility index (Phi) is 5.64. The number of fused-ring (bicyclic) bond motifs is 3. The van der Waals surface area contributed by atoms with Crippen LogP contribution in [0.25, 0.3) is 11.1 Å². The lowest BCUT2D eigenvalue weighted by molar-refractivity contribution is -0.155. The summed E-state index contributed by atoms with van der Waals surface area (Å²) in [4.78, 5) is 17.2. The quantitative estimate of drug-likeness (QED) is 0.558. The first-order chi connectivity index (χ1) is 16.1. The Morgan fingerprint density at radius 1 is 1.12 bits per heavy atom. The maximum Gasteiger partial charge on any atom is 0.417 e. The van der Waals surface area contributed by atoms with Crippen molar-refractivity contribution in [3.63, 3.8) is 0 Å². The van der Waals surface area contributed by atoms with E-state index in [0.717, 1.165) is 4.90 Å². The Bertz CT molecular complexity index is 1260. The first-order valence-corrected chi connectivity index (χ1v) is 11.0. The second kappa shape index (κ2) is 8.38. The summed E-state index contributed by atoms with van der Waals surface area (Å²) in [5.41, 5.74) is 1.23. The summed E-state index contributed by atoms with van der Waals surface area (Å²) < 4.78 is 76.9. The van der Waals surface area contributed by atoms with Crippen LogP contribution in [-0.4, -0.2) is 54.8 Å². The van der Waals surface area contributed by atoms with Crippen molar-refractivity contribution in [2.24, 2.45) is 0 Å². The Balaban J connectivity index is 1.68. The van der Waals surface area contributed by atoms with Crippen LogP contribution in [0, 0.1) is 11.6 Å². The van der Waals surface area contributed by atoms with Gasteiger partial charge in [0.1, 0.15) is 11.6 Å². The van der Waals surface area contributed by atoms with Gasteiger partial charge in [-0.2, -0.15) is 13.2 Å². The number of nitrogens with zero attached hydrogens (tertiary/aromatic N) is 2. The lowest BCUT2D eigenvalue weighted by Gasteiger charge is -2.42. The van der Waals surface area contributed by atoms with Crippen LogP contribution in [-0.2, 0) is 6.42 Å². The van der Waals surface area contributed by atoms with Gasteiger partial charge in [0, 0.05) is 49.0 Å². The van der Waals surface area contributed by atoms with Crippen LogP contribution in [0.2, 0.25) is 0 Å². The van der Waals surface area contributed by atoms with Crippen molar-refractivity contribution in [2.75, 3.05) is 37.6 Å². The zero-order valence-electron chi connectivity index (χ0n) is 18.3. The van der Waals surface area contributed by atoms with Crippen LogP contribution in [0.4, 0.5) is 27.6 Å². The van der Waals surface area contributed by atoms with Crippen molar-refractivity contribution in [3.8, 4) is 0 Å². The number of hydrogen-bond acceptors (Lipinski definition) is 5. The van der Waals surface area contributed by atoms with Crippen LogP contribution in [0.15, 0.2) is 33.5 Å². The van der Waals surface area contributed by atoms with Gasteiger partial charge >= 0.3 is 11.9 Å². The molecule has 2 atom stereocenters. The molecule has 5 rings (SSSR count). The van der Waals surface area contributed by atoms with E-state index in [-0.39, 0.29) is 17.6 Å². The third-order valence-corrected chi connectivity index (χ3v) is 6.60. The Labute approximate surface area is 191 Å². The minimum atomic E-state index is -4.58. The molecule has 2 aliphatic heterocycles. The smallest absolute Gasteiger partial charge is 0.408 e. The summed E-state index contributed by atoms with van der Waals surface area (Å²) in [5.74, 6) is -2.54. The van der Waals surface area contributed by atoms with E-state index in [2.05, 4.69) is 10.3 Å². The van der Waals surface area contributed by atoms with Crippen LogP contribution >= 0.6 is 0 Å². The van der Waals surface area contributed by atoms with E-state index in [1.165, 1.54) is 24.3 Å². The number of oxazole rings is 1. The zero-order chi connectivity index (χ0) is 24.2. The lowest BCUT2D eigenvalue weighted by Crippen LogP contribution is -2.47. The summed E-state index contributed by atoms with van der Waals surface area (Å²) in [6.07, 6.45) is -4.45. The minimum absolute atomic E-state index is 0.127. The molecule has 0 radical (unpaired) electrons. The fraction of sp³-hybridized carbons (Fsp3) is 0.435. The number of alkyl halides is 3. The minimum Gasteiger partial charge on any atom is -0.408 e. The van der Waals surface area contributed by atoms with E-state index in [1.54, 1.807) is 6.92 Å². The lowest BCUT2D eigenvalue weighted by atomic mass is 9.84. The summed E-state index contributed by atoms with van der Waals surface area (Å²) in [5, 5.41) is 3.16. The molecule has 2 aromatic carbocycles. The molecule has 3 aromatic rings. The third kappa shape index (κ3) is 4.07. The molecule has 182 valence electrons. The molecule has 6 nitrogen and oxygen atoms in total. The molecule has 0 aliphatic carbocycles. The molecule has 2 N–H and O–H groups in total. The van der Waals surface area contributed by atoms with Crippen LogP contribution < -0.4 is 16.0 Å². The Morgan fingerprint density at radius 3 is 2.44 bits per heavy atom. The fourth-order valence-corrected chi connectivity index (χ4v) is 5.11. The molecule has 0 amide bonds. The topological polar surface area (TPSA) is 64.5 Å². The average molecular weight is 482 g/mol. The average Bonchev–Trinajstić information content (AvgIpc) is 3.15. The molecule has 11 heteroatoms. The van der Waals surface area contributed by atoms with E-state index in [9.17, 15) is 18.0 Å². The number of H-pyrrole nitrogens is 1. The highest BCUT2D eigenvalue weighted by Crippen LogP contribution is 2.44. The normalized spacial score (nSPS) is 21.8. The number of piperazine rings is 1. The number of aromatic amines is 1. The fourth-order valence-electron chi connectivity index (χ4n) is 5.11. The van der Waals surface area contributed by atoms with Gasteiger partial charge in [-0.1, -0.05) is 6.07 Å². The van der Waals surface area contributed by atoms with Gasteiger partial charge < -0.3 is 14.6 Å². The van der Waals surface area contributed by atoms with Gasteiger partial charge in [-0.05, 0) is 37.1 Å². The zero-order valence-corrected chi connectivity index (χ0v) is 18.3. The molecule has 3 heterocycles. The number of nitrogens with one attached hydrogen (secondary N) is 2. The second-order valence-corrected chi connectivity index (χ2v) is 8.83. The van der Waals surface area contributed by atoms with E-state index < -0.39 is 47.8 Å². The number of benzene rings is 2. The monoisotopic (exact) mass is 482 g/mol. The van der Waals surface area contributed by atoms with Crippen molar-refractivity contribution in [1.29, 1.82) is 0 Å². The molecule has 1 saturated heterocycles. The van der Waals surface area contributed by atoms with Crippen LogP contribution in [0.5, 0.6) is 0 Å². The summed E-state index contributed by atoms with van der Waals surface area (Å²) in [6, 6.07) is 3.29. The Hall–Kier alpha value is -2.92. The molecule has 2 unspecified atom stereocenters. The van der Waals surface area contributed by atoms with E-state index in [4.69, 9.17) is 4.42 Å². The van der Waals surface area contributed by atoms with E-state index in [0.29, 0.717) is 42.9 Å². The number of aromatic nitrogens is 1.